The summed E-state index contributed by atoms with van der Waals surface area (Å²) in [4.78, 5) is 15.8. The number of rotatable bonds is 4. The highest BCUT2D eigenvalue weighted by Gasteiger charge is 2.11. The zero-order chi connectivity index (χ0) is 14.5. The van der Waals surface area contributed by atoms with Gasteiger partial charge in [0, 0.05) is 17.2 Å². The molecule has 0 aliphatic heterocycles. The van der Waals surface area contributed by atoms with Crippen LogP contribution < -0.4 is 5.32 Å². The van der Waals surface area contributed by atoms with Crippen LogP contribution in [0.5, 0.6) is 0 Å². The standard InChI is InChI=1S/C14H11BrClFN2O/c15-10-7-12(13(16)19-8-10)14(20)18-5-4-9-2-1-3-11(17)6-9/h1-3,6-8H,4-5H2,(H,18,20). The highest BCUT2D eigenvalue weighted by molar-refractivity contribution is 9.10. The summed E-state index contributed by atoms with van der Waals surface area (Å²) in [6, 6.07) is 7.88. The van der Waals surface area contributed by atoms with Crippen LogP contribution in [-0.4, -0.2) is 17.4 Å². The molecule has 0 spiro atoms. The van der Waals surface area contributed by atoms with Crippen LogP contribution in [0.4, 0.5) is 4.39 Å². The van der Waals surface area contributed by atoms with Gasteiger partial charge in [0.05, 0.1) is 5.56 Å². The van der Waals surface area contributed by atoms with Crippen LogP contribution >= 0.6 is 27.5 Å². The number of hydrogen-bond acceptors (Lipinski definition) is 2. The Balaban J connectivity index is 1.94. The molecule has 0 saturated carbocycles. The number of carbonyl (C=O) groups is 1. The SMILES string of the molecule is O=C(NCCc1cccc(F)c1)c1cc(Br)cnc1Cl. The van der Waals surface area contributed by atoms with Gasteiger partial charge in [0.2, 0.25) is 0 Å². The molecule has 0 radical (unpaired) electrons. The summed E-state index contributed by atoms with van der Waals surface area (Å²) in [6.07, 6.45) is 2.06. The molecule has 3 nitrogen and oxygen atoms in total. The average molecular weight is 358 g/mol. The normalized spacial score (nSPS) is 10.3. The Hall–Kier alpha value is -1.46. The molecule has 0 aliphatic rings. The van der Waals surface area contributed by atoms with Gasteiger partial charge in [-0.1, -0.05) is 23.7 Å². The predicted octanol–water partition coefficient (Wildman–Crippen LogP) is 3.61. The molecule has 1 amide bonds. The van der Waals surface area contributed by atoms with Crippen LogP contribution in [0, 0.1) is 5.82 Å². The zero-order valence-corrected chi connectivity index (χ0v) is 12.7. The van der Waals surface area contributed by atoms with Crippen molar-refractivity contribution in [3.05, 3.63) is 63.1 Å². The van der Waals surface area contributed by atoms with Crippen LogP contribution in [0.25, 0.3) is 0 Å². The number of halogens is 3. The second kappa shape index (κ2) is 6.81. The fraction of sp³-hybridized carbons (Fsp3) is 0.143. The minimum Gasteiger partial charge on any atom is -0.352 e. The highest BCUT2D eigenvalue weighted by Crippen LogP contribution is 2.17. The highest BCUT2D eigenvalue weighted by atomic mass is 79.9. The van der Waals surface area contributed by atoms with E-state index in [9.17, 15) is 9.18 Å². The minimum atomic E-state index is -0.305. The Kier molecular flexibility index (Phi) is 5.09. The smallest absolute Gasteiger partial charge is 0.254 e. The molecule has 0 bridgehead atoms. The van der Waals surface area contributed by atoms with Gasteiger partial charge in [-0.15, -0.1) is 0 Å². The Morgan fingerprint density at radius 1 is 1.40 bits per heavy atom. The van der Waals surface area contributed by atoms with E-state index in [1.807, 2.05) is 6.07 Å². The van der Waals surface area contributed by atoms with E-state index in [0.717, 1.165) is 5.56 Å². The summed E-state index contributed by atoms with van der Waals surface area (Å²) in [5, 5.41) is 2.88. The van der Waals surface area contributed by atoms with E-state index in [-0.39, 0.29) is 16.9 Å². The second-order valence-electron chi connectivity index (χ2n) is 4.13. The van der Waals surface area contributed by atoms with E-state index < -0.39 is 0 Å². The molecule has 1 heterocycles. The van der Waals surface area contributed by atoms with Crippen molar-refractivity contribution in [2.45, 2.75) is 6.42 Å². The van der Waals surface area contributed by atoms with E-state index >= 15 is 0 Å². The van der Waals surface area contributed by atoms with Crippen LogP contribution in [0.1, 0.15) is 15.9 Å². The van der Waals surface area contributed by atoms with Crippen molar-refractivity contribution >= 4 is 33.4 Å². The summed E-state index contributed by atoms with van der Waals surface area (Å²) in [7, 11) is 0. The molecule has 1 aromatic carbocycles. The Morgan fingerprint density at radius 3 is 2.95 bits per heavy atom. The van der Waals surface area contributed by atoms with Gasteiger partial charge < -0.3 is 5.32 Å². The second-order valence-corrected chi connectivity index (χ2v) is 5.40. The first-order valence-electron chi connectivity index (χ1n) is 5.90. The molecule has 0 aliphatic carbocycles. The number of nitrogens with one attached hydrogen (secondary N) is 1. The van der Waals surface area contributed by atoms with Gasteiger partial charge in [0.15, 0.2) is 0 Å². The van der Waals surface area contributed by atoms with Gasteiger partial charge in [0.1, 0.15) is 11.0 Å². The third-order valence-corrected chi connectivity index (χ3v) is 3.37. The van der Waals surface area contributed by atoms with Gasteiger partial charge >= 0.3 is 0 Å². The van der Waals surface area contributed by atoms with E-state index in [2.05, 4.69) is 26.2 Å². The molecule has 104 valence electrons. The maximum Gasteiger partial charge on any atom is 0.254 e. The molecule has 0 fully saturated rings. The fourth-order valence-corrected chi connectivity index (χ4v) is 2.21. The lowest BCUT2D eigenvalue weighted by atomic mass is 10.1. The molecule has 1 N–H and O–H groups in total. The van der Waals surface area contributed by atoms with Gasteiger partial charge in [0.25, 0.3) is 5.91 Å². The molecule has 0 unspecified atom stereocenters. The third kappa shape index (κ3) is 4.02. The molecule has 2 aromatic rings. The van der Waals surface area contributed by atoms with Gasteiger partial charge in [-0.3, -0.25) is 4.79 Å². The number of aromatic nitrogens is 1. The van der Waals surface area contributed by atoms with E-state index in [0.29, 0.717) is 23.0 Å². The largest absolute Gasteiger partial charge is 0.352 e. The number of pyridine rings is 1. The molecule has 1 aromatic heterocycles. The maximum atomic E-state index is 13.0. The number of amides is 1. The van der Waals surface area contributed by atoms with Crippen molar-refractivity contribution in [2.24, 2.45) is 0 Å². The fourth-order valence-electron chi connectivity index (χ4n) is 1.69. The Bertz CT molecular complexity index is 636. The summed E-state index contributed by atoms with van der Waals surface area (Å²) >= 11 is 9.10. The van der Waals surface area contributed by atoms with Crippen molar-refractivity contribution < 1.29 is 9.18 Å². The first-order valence-corrected chi connectivity index (χ1v) is 7.07. The van der Waals surface area contributed by atoms with Crippen molar-refractivity contribution in [1.29, 1.82) is 0 Å². The summed E-state index contributed by atoms with van der Waals surface area (Å²) in [5.74, 6) is -0.590. The summed E-state index contributed by atoms with van der Waals surface area (Å²) in [6.45, 7) is 0.394. The molecule has 0 atom stereocenters. The summed E-state index contributed by atoms with van der Waals surface area (Å²) in [5.41, 5.74) is 1.13. The third-order valence-electron chi connectivity index (χ3n) is 2.64. The van der Waals surface area contributed by atoms with Gasteiger partial charge in [-0.05, 0) is 46.1 Å². The number of carbonyl (C=O) groups excluding carboxylic acids is 1. The van der Waals surface area contributed by atoms with E-state index in [1.165, 1.54) is 18.3 Å². The molecular formula is C14H11BrClFN2O. The average Bonchev–Trinajstić information content (AvgIpc) is 2.41. The summed E-state index contributed by atoms with van der Waals surface area (Å²) < 4.78 is 13.7. The first kappa shape index (κ1) is 14.9. The van der Waals surface area contributed by atoms with Crippen LogP contribution in [0.3, 0.4) is 0 Å². The first-order chi connectivity index (χ1) is 9.56. The van der Waals surface area contributed by atoms with E-state index in [1.54, 1.807) is 12.1 Å². The van der Waals surface area contributed by atoms with E-state index in [4.69, 9.17) is 11.6 Å². The molecule has 2 rings (SSSR count). The number of nitrogens with zero attached hydrogens (tertiary/aromatic N) is 1. The number of hydrogen-bond donors (Lipinski definition) is 1. The quantitative estimate of drug-likeness (QED) is 0.849. The molecular weight excluding hydrogens is 347 g/mol. The monoisotopic (exact) mass is 356 g/mol. The van der Waals surface area contributed by atoms with Crippen molar-refractivity contribution in [1.82, 2.24) is 10.3 Å². The molecule has 20 heavy (non-hydrogen) atoms. The van der Waals surface area contributed by atoms with Crippen molar-refractivity contribution in [2.75, 3.05) is 6.54 Å². The van der Waals surface area contributed by atoms with Crippen LogP contribution in [0.15, 0.2) is 41.0 Å². The minimum absolute atomic E-state index is 0.149. The van der Waals surface area contributed by atoms with Crippen LogP contribution in [0.2, 0.25) is 5.15 Å². The van der Waals surface area contributed by atoms with Crippen molar-refractivity contribution in [3.63, 3.8) is 0 Å². The maximum absolute atomic E-state index is 13.0. The topological polar surface area (TPSA) is 42.0 Å². The Labute approximate surface area is 129 Å². The van der Waals surface area contributed by atoms with Gasteiger partial charge in [-0.2, -0.15) is 0 Å². The lowest BCUT2D eigenvalue weighted by Crippen LogP contribution is -2.26. The molecule has 6 heteroatoms. The lowest BCUT2D eigenvalue weighted by molar-refractivity contribution is 0.0954. The lowest BCUT2D eigenvalue weighted by Gasteiger charge is -2.07. The predicted molar refractivity (Wildman–Crippen MR) is 79.4 cm³/mol. The Morgan fingerprint density at radius 2 is 2.20 bits per heavy atom. The zero-order valence-electron chi connectivity index (χ0n) is 10.4. The molecule has 0 saturated heterocycles. The van der Waals surface area contributed by atoms with Crippen molar-refractivity contribution in [3.8, 4) is 0 Å². The number of benzene rings is 1. The van der Waals surface area contributed by atoms with Crippen LogP contribution in [-0.2, 0) is 6.42 Å². The van der Waals surface area contributed by atoms with Gasteiger partial charge in [-0.25, -0.2) is 9.37 Å².